The van der Waals surface area contributed by atoms with Crippen molar-refractivity contribution in [2.24, 2.45) is 0 Å². The molecule has 134 valence electrons. The van der Waals surface area contributed by atoms with Crippen LogP contribution in [0.1, 0.15) is 33.0 Å². The molecule has 27 heavy (non-hydrogen) atoms. The lowest BCUT2D eigenvalue weighted by Crippen LogP contribution is -2.06. The molecule has 0 saturated heterocycles. The van der Waals surface area contributed by atoms with Crippen molar-refractivity contribution in [3.8, 4) is 11.1 Å². The maximum atomic E-state index is 13.3. The molecule has 0 spiro atoms. The van der Waals surface area contributed by atoms with Crippen molar-refractivity contribution >= 4 is 24.0 Å². The van der Waals surface area contributed by atoms with Crippen molar-refractivity contribution in [1.29, 1.82) is 0 Å². The summed E-state index contributed by atoms with van der Waals surface area (Å²) in [5.41, 5.74) is 6.57. The summed E-state index contributed by atoms with van der Waals surface area (Å²) in [6.45, 7) is 4.19. The van der Waals surface area contributed by atoms with Gasteiger partial charge in [-0.05, 0) is 63.8 Å². The second-order valence-corrected chi connectivity index (χ2v) is 7.21. The molecule has 1 aliphatic carbocycles. The SMILES string of the molecule is C=C1c2cc(-c3ccccc3CCS)ccc2C(=O)C1c1ccc(F)cc1. The van der Waals surface area contributed by atoms with Gasteiger partial charge in [-0.1, -0.05) is 55.1 Å². The lowest BCUT2D eigenvalue weighted by Gasteiger charge is -2.11. The lowest BCUT2D eigenvalue weighted by atomic mass is 9.91. The molecule has 0 heterocycles. The topological polar surface area (TPSA) is 17.1 Å². The first-order chi connectivity index (χ1) is 13.1. The van der Waals surface area contributed by atoms with Crippen LogP contribution in [0.15, 0.2) is 73.3 Å². The van der Waals surface area contributed by atoms with Crippen LogP contribution in [0.2, 0.25) is 0 Å². The summed E-state index contributed by atoms with van der Waals surface area (Å²) >= 11 is 4.36. The summed E-state index contributed by atoms with van der Waals surface area (Å²) in [4.78, 5) is 12.9. The molecule has 0 fully saturated rings. The van der Waals surface area contributed by atoms with Crippen molar-refractivity contribution in [1.82, 2.24) is 0 Å². The van der Waals surface area contributed by atoms with Gasteiger partial charge in [0.1, 0.15) is 5.82 Å². The van der Waals surface area contributed by atoms with Crippen LogP contribution in [0.25, 0.3) is 16.7 Å². The standard InChI is InChI=1S/C24H19FOS/c1-15-22-14-18(20-5-3-2-4-16(20)12-13-27)8-11-21(22)24(26)23(15)17-6-9-19(25)10-7-17/h2-11,14,23,27H,1,12-13H2. The molecule has 3 aromatic rings. The minimum Gasteiger partial charge on any atom is -0.293 e. The van der Waals surface area contributed by atoms with E-state index in [1.807, 2.05) is 24.3 Å². The van der Waals surface area contributed by atoms with Crippen molar-refractivity contribution in [2.45, 2.75) is 12.3 Å². The highest BCUT2D eigenvalue weighted by molar-refractivity contribution is 7.80. The average molecular weight is 374 g/mol. The summed E-state index contributed by atoms with van der Waals surface area (Å²) in [5, 5.41) is 0. The average Bonchev–Trinajstić information content (AvgIpc) is 2.93. The van der Waals surface area contributed by atoms with Crippen molar-refractivity contribution < 1.29 is 9.18 Å². The lowest BCUT2D eigenvalue weighted by molar-refractivity contribution is 0.0986. The van der Waals surface area contributed by atoms with E-state index in [-0.39, 0.29) is 11.6 Å². The third-order valence-electron chi connectivity index (χ3n) is 5.15. The predicted molar refractivity (Wildman–Crippen MR) is 112 cm³/mol. The number of fused-ring (bicyclic) bond motifs is 1. The Bertz CT molecular complexity index is 1040. The van der Waals surface area contributed by atoms with E-state index >= 15 is 0 Å². The molecule has 0 radical (unpaired) electrons. The number of benzene rings is 3. The van der Waals surface area contributed by atoms with Gasteiger partial charge in [0.05, 0.1) is 5.92 Å². The van der Waals surface area contributed by atoms with Gasteiger partial charge in [0.2, 0.25) is 0 Å². The van der Waals surface area contributed by atoms with Crippen LogP contribution >= 0.6 is 12.6 Å². The number of hydrogen-bond donors (Lipinski definition) is 1. The van der Waals surface area contributed by atoms with Crippen LogP contribution in [0.5, 0.6) is 0 Å². The van der Waals surface area contributed by atoms with Gasteiger partial charge in [-0.3, -0.25) is 4.79 Å². The fourth-order valence-corrected chi connectivity index (χ4v) is 4.05. The van der Waals surface area contributed by atoms with Gasteiger partial charge >= 0.3 is 0 Å². The van der Waals surface area contributed by atoms with E-state index in [4.69, 9.17) is 0 Å². The summed E-state index contributed by atoms with van der Waals surface area (Å²) in [5.74, 6) is 0.0514. The third-order valence-corrected chi connectivity index (χ3v) is 5.38. The van der Waals surface area contributed by atoms with E-state index in [1.54, 1.807) is 12.1 Å². The van der Waals surface area contributed by atoms with E-state index in [0.29, 0.717) is 5.56 Å². The van der Waals surface area contributed by atoms with Gasteiger partial charge in [0, 0.05) is 5.56 Å². The number of hydrogen-bond acceptors (Lipinski definition) is 2. The number of ketones is 1. The summed E-state index contributed by atoms with van der Waals surface area (Å²) in [6.07, 6.45) is 0.883. The number of Topliss-reactive ketones (excluding diaryl/α,β-unsaturated/α-hetero) is 1. The molecule has 1 nitrogen and oxygen atoms in total. The number of carbonyl (C=O) groups excluding carboxylic acids is 1. The van der Waals surface area contributed by atoms with Crippen LogP contribution in [-0.2, 0) is 6.42 Å². The summed E-state index contributed by atoms with van der Waals surface area (Å²) in [7, 11) is 0. The maximum Gasteiger partial charge on any atom is 0.175 e. The van der Waals surface area contributed by atoms with Crippen LogP contribution in [0.3, 0.4) is 0 Å². The smallest absolute Gasteiger partial charge is 0.175 e. The highest BCUT2D eigenvalue weighted by Gasteiger charge is 2.35. The molecular formula is C24H19FOS. The van der Waals surface area contributed by atoms with Gasteiger partial charge in [-0.2, -0.15) is 12.6 Å². The van der Waals surface area contributed by atoms with Gasteiger partial charge in [-0.25, -0.2) is 4.39 Å². The molecular weight excluding hydrogens is 355 g/mol. The van der Waals surface area contributed by atoms with E-state index < -0.39 is 5.92 Å². The Morgan fingerprint density at radius 2 is 1.67 bits per heavy atom. The monoisotopic (exact) mass is 374 g/mol. The Kier molecular flexibility index (Phi) is 4.71. The maximum absolute atomic E-state index is 13.3. The first-order valence-corrected chi connectivity index (χ1v) is 9.55. The number of thiol groups is 1. The van der Waals surface area contributed by atoms with Crippen LogP contribution < -0.4 is 0 Å². The first-order valence-electron chi connectivity index (χ1n) is 8.92. The van der Waals surface area contributed by atoms with Crippen molar-refractivity contribution in [3.05, 3.63) is 101 Å². The molecule has 0 aliphatic heterocycles. The zero-order chi connectivity index (χ0) is 19.0. The summed E-state index contributed by atoms with van der Waals surface area (Å²) in [6, 6.07) is 20.3. The molecule has 0 N–H and O–H groups in total. The van der Waals surface area contributed by atoms with Crippen molar-refractivity contribution in [3.63, 3.8) is 0 Å². The van der Waals surface area contributed by atoms with Gasteiger partial charge in [-0.15, -0.1) is 0 Å². The van der Waals surface area contributed by atoms with E-state index in [0.717, 1.165) is 40.0 Å². The highest BCUT2D eigenvalue weighted by Crippen LogP contribution is 2.43. The Balaban J connectivity index is 1.76. The van der Waals surface area contributed by atoms with Crippen LogP contribution in [0, 0.1) is 5.82 Å². The molecule has 0 amide bonds. The normalized spacial score (nSPS) is 15.9. The second-order valence-electron chi connectivity index (χ2n) is 6.77. The molecule has 0 bridgehead atoms. The number of carbonyl (C=O) groups is 1. The quantitative estimate of drug-likeness (QED) is 0.558. The van der Waals surface area contributed by atoms with E-state index in [2.05, 4.69) is 37.4 Å². The van der Waals surface area contributed by atoms with Gasteiger partial charge in [0.25, 0.3) is 0 Å². The number of rotatable bonds is 4. The second kappa shape index (κ2) is 7.16. The minimum atomic E-state index is -0.441. The Morgan fingerprint density at radius 1 is 0.926 bits per heavy atom. The Labute approximate surface area is 164 Å². The highest BCUT2D eigenvalue weighted by atomic mass is 32.1. The number of halogens is 1. The van der Waals surface area contributed by atoms with Gasteiger partial charge < -0.3 is 0 Å². The fourth-order valence-electron chi connectivity index (χ4n) is 3.81. The molecule has 3 aromatic carbocycles. The molecule has 1 aliphatic rings. The van der Waals surface area contributed by atoms with Crippen molar-refractivity contribution in [2.75, 3.05) is 5.75 Å². The van der Waals surface area contributed by atoms with Gasteiger partial charge in [0.15, 0.2) is 5.78 Å². The predicted octanol–water partition coefficient (Wildman–Crippen LogP) is 5.96. The summed E-state index contributed by atoms with van der Waals surface area (Å²) < 4.78 is 13.3. The number of aryl methyl sites for hydroxylation is 1. The van der Waals surface area contributed by atoms with E-state index in [1.165, 1.54) is 17.7 Å². The molecule has 1 unspecified atom stereocenters. The zero-order valence-corrected chi connectivity index (χ0v) is 15.7. The molecule has 1 atom stereocenters. The Morgan fingerprint density at radius 3 is 2.41 bits per heavy atom. The molecule has 0 aromatic heterocycles. The van der Waals surface area contributed by atoms with Crippen LogP contribution in [-0.4, -0.2) is 11.5 Å². The van der Waals surface area contributed by atoms with E-state index in [9.17, 15) is 9.18 Å². The first kappa shape index (κ1) is 17.7. The zero-order valence-electron chi connectivity index (χ0n) is 14.8. The Hall–Kier alpha value is -2.65. The largest absolute Gasteiger partial charge is 0.293 e. The van der Waals surface area contributed by atoms with Crippen LogP contribution in [0.4, 0.5) is 4.39 Å². The fraction of sp³-hybridized carbons (Fsp3) is 0.125. The molecule has 4 rings (SSSR count). The minimum absolute atomic E-state index is 0.0248. The third kappa shape index (κ3) is 3.13. The number of allylic oxidation sites excluding steroid dienone is 1. The molecule has 3 heteroatoms. The molecule has 0 saturated carbocycles.